The summed E-state index contributed by atoms with van der Waals surface area (Å²) in [5, 5.41) is 0. The number of alkyl halides is 3. The molecule has 1 heterocycles. The minimum absolute atomic E-state index is 0.101. The van der Waals surface area contributed by atoms with Gasteiger partial charge in [-0.2, -0.15) is 13.2 Å². The molecule has 140 valence electrons. The number of benzene rings is 2. The van der Waals surface area contributed by atoms with Crippen LogP contribution in [0.25, 0.3) is 0 Å². The molecule has 2 atom stereocenters. The van der Waals surface area contributed by atoms with E-state index in [4.69, 9.17) is 0 Å². The third-order valence-corrected chi connectivity index (χ3v) is 5.57. The van der Waals surface area contributed by atoms with Gasteiger partial charge in [-0.15, -0.1) is 0 Å². The van der Waals surface area contributed by atoms with Crippen molar-refractivity contribution in [1.29, 1.82) is 0 Å². The molecule has 1 N–H and O–H groups in total. The van der Waals surface area contributed by atoms with E-state index in [0.29, 0.717) is 17.8 Å². The quantitative estimate of drug-likeness (QED) is 0.821. The largest absolute Gasteiger partial charge is 0.744 e. The lowest BCUT2D eigenvalue weighted by atomic mass is 10.1. The smallest absolute Gasteiger partial charge is 0.416 e. The molecule has 0 spiro atoms. The normalized spacial score (nSPS) is 20.3. The lowest BCUT2D eigenvalue weighted by Crippen LogP contribution is -3.07. The van der Waals surface area contributed by atoms with Crippen LogP contribution in [0.2, 0.25) is 0 Å². The predicted octanol–water partition coefficient (Wildman–Crippen LogP) is 2.12. The maximum absolute atomic E-state index is 13.0. The van der Waals surface area contributed by atoms with Gasteiger partial charge in [0, 0.05) is 19.5 Å². The van der Waals surface area contributed by atoms with Crippen molar-refractivity contribution >= 4 is 21.5 Å². The lowest BCUT2D eigenvalue weighted by molar-refractivity contribution is -0.829. The molecular formula is C17H17F3N2O3S. The summed E-state index contributed by atoms with van der Waals surface area (Å²) in [6.45, 7) is 2.20. The molecule has 2 aromatic carbocycles. The molecule has 2 aromatic rings. The Hall–Kier alpha value is -2.10. The first-order chi connectivity index (χ1) is 12.0. The topological polar surface area (TPSA) is 64.9 Å². The maximum atomic E-state index is 13.0. The first-order valence-electron chi connectivity index (χ1n) is 7.85. The first-order valence-corrected chi connectivity index (χ1v) is 9.26. The Kier molecular flexibility index (Phi) is 4.50. The van der Waals surface area contributed by atoms with Gasteiger partial charge in [0.2, 0.25) is 0 Å². The Balaban J connectivity index is 1.94. The Morgan fingerprint density at radius 2 is 1.77 bits per heavy atom. The van der Waals surface area contributed by atoms with Crippen molar-refractivity contribution in [2.45, 2.75) is 30.7 Å². The van der Waals surface area contributed by atoms with Crippen molar-refractivity contribution in [2.24, 2.45) is 0 Å². The van der Waals surface area contributed by atoms with Gasteiger partial charge in [0.1, 0.15) is 15.8 Å². The Labute approximate surface area is 149 Å². The molecule has 0 aliphatic carbocycles. The fourth-order valence-electron chi connectivity index (χ4n) is 3.13. The monoisotopic (exact) mass is 386 g/mol. The van der Waals surface area contributed by atoms with Crippen LogP contribution in [-0.2, 0) is 22.8 Å². The third-order valence-electron chi connectivity index (χ3n) is 4.72. The van der Waals surface area contributed by atoms with Crippen LogP contribution in [0.3, 0.4) is 0 Å². The van der Waals surface area contributed by atoms with Gasteiger partial charge in [-0.05, 0) is 29.8 Å². The number of halogens is 3. The molecule has 0 bridgehead atoms. The fourth-order valence-corrected chi connectivity index (χ4v) is 3.60. The number of quaternary nitrogens is 1. The van der Waals surface area contributed by atoms with Crippen molar-refractivity contribution < 1.29 is 31.0 Å². The second-order valence-corrected chi connectivity index (χ2v) is 7.69. The van der Waals surface area contributed by atoms with E-state index in [0.717, 1.165) is 22.7 Å². The van der Waals surface area contributed by atoms with Crippen LogP contribution in [-0.4, -0.2) is 26.2 Å². The van der Waals surface area contributed by atoms with Crippen LogP contribution in [0.1, 0.15) is 18.1 Å². The molecular weight excluding hydrogens is 369 g/mol. The summed E-state index contributed by atoms with van der Waals surface area (Å²) >= 11 is 0. The molecule has 0 saturated heterocycles. The number of hydrogen-bond acceptors (Lipinski definition) is 4. The van der Waals surface area contributed by atoms with E-state index < -0.39 is 21.9 Å². The first kappa shape index (κ1) is 18.7. The molecule has 26 heavy (non-hydrogen) atoms. The fraction of sp³-hybridized carbons (Fsp3) is 0.294. The maximum Gasteiger partial charge on any atom is 0.416 e. The van der Waals surface area contributed by atoms with Gasteiger partial charge in [-0.1, -0.05) is 12.1 Å². The van der Waals surface area contributed by atoms with Crippen LogP contribution in [0.5, 0.6) is 0 Å². The zero-order valence-corrected chi connectivity index (χ0v) is 14.9. The molecule has 0 radical (unpaired) electrons. The molecule has 3 rings (SSSR count). The van der Waals surface area contributed by atoms with Crippen molar-refractivity contribution in [3.8, 4) is 0 Å². The van der Waals surface area contributed by atoms with Crippen LogP contribution < -0.4 is 9.80 Å². The average Bonchev–Trinajstić information content (AvgIpc) is 2.78. The minimum atomic E-state index is -4.53. The van der Waals surface area contributed by atoms with Gasteiger partial charge < -0.3 is 9.45 Å². The highest BCUT2D eigenvalue weighted by atomic mass is 32.2. The SMILES string of the molecule is CC1N(Cc2ccc(S(=O)(=O)[O-])cc2)c2cc(C(F)(F)F)ccc2[NH+]1C. The van der Waals surface area contributed by atoms with E-state index in [1.54, 1.807) is 0 Å². The number of hydrogen-bond donors (Lipinski definition) is 1. The number of rotatable bonds is 3. The van der Waals surface area contributed by atoms with E-state index >= 15 is 0 Å². The zero-order chi connectivity index (χ0) is 19.3. The summed E-state index contributed by atoms with van der Waals surface area (Å²) < 4.78 is 72.2. The van der Waals surface area contributed by atoms with E-state index in [1.807, 2.05) is 18.9 Å². The van der Waals surface area contributed by atoms with Gasteiger partial charge in [-0.25, -0.2) is 8.42 Å². The van der Waals surface area contributed by atoms with Crippen LogP contribution in [0.15, 0.2) is 47.4 Å². The van der Waals surface area contributed by atoms with E-state index in [1.165, 1.54) is 30.3 Å². The van der Waals surface area contributed by atoms with E-state index in [9.17, 15) is 26.1 Å². The zero-order valence-electron chi connectivity index (χ0n) is 14.0. The predicted molar refractivity (Wildman–Crippen MR) is 88.0 cm³/mol. The molecule has 5 nitrogen and oxygen atoms in total. The number of nitrogens with one attached hydrogen (secondary N) is 1. The molecule has 2 unspecified atom stereocenters. The molecule has 0 amide bonds. The van der Waals surface area contributed by atoms with Gasteiger partial charge in [0.15, 0.2) is 11.9 Å². The van der Waals surface area contributed by atoms with Gasteiger partial charge >= 0.3 is 6.18 Å². The van der Waals surface area contributed by atoms with Crippen LogP contribution in [0, 0.1) is 0 Å². The van der Waals surface area contributed by atoms with Crippen molar-refractivity contribution in [1.82, 2.24) is 0 Å². The summed E-state index contributed by atoms with van der Waals surface area (Å²) in [5.74, 6) is 0. The highest BCUT2D eigenvalue weighted by Crippen LogP contribution is 2.37. The third kappa shape index (κ3) is 3.42. The average molecular weight is 386 g/mol. The second-order valence-electron chi connectivity index (χ2n) is 6.31. The van der Waals surface area contributed by atoms with Crippen LogP contribution >= 0.6 is 0 Å². The van der Waals surface area contributed by atoms with E-state index in [2.05, 4.69) is 0 Å². The molecule has 1 aliphatic heterocycles. The second kappa shape index (κ2) is 6.26. The molecule has 9 heteroatoms. The minimum Gasteiger partial charge on any atom is -0.744 e. The van der Waals surface area contributed by atoms with Gasteiger partial charge in [0.05, 0.1) is 17.5 Å². The Morgan fingerprint density at radius 1 is 1.15 bits per heavy atom. The highest BCUT2D eigenvalue weighted by Gasteiger charge is 2.39. The standard InChI is InChI=1S/C17H17F3N2O3S/c1-11-21(2)15-8-5-13(17(18,19)20)9-16(15)22(11)10-12-3-6-14(7-4-12)26(23,24)25/h3-9,11H,10H2,1-2H3,(H,23,24,25). The van der Waals surface area contributed by atoms with Gasteiger partial charge in [0.25, 0.3) is 0 Å². The summed E-state index contributed by atoms with van der Waals surface area (Å²) in [5.41, 5.74) is 1.24. The van der Waals surface area contributed by atoms with Crippen molar-refractivity contribution in [2.75, 3.05) is 11.9 Å². The summed E-state index contributed by atoms with van der Waals surface area (Å²) in [6.07, 6.45) is -4.53. The molecule has 0 fully saturated rings. The summed E-state index contributed by atoms with van der Waals surface area (Å²) in [6, 6.07) is 9.11. The van der Waals surface area contributed by atoms with Crippen molar-refractivity contribution in [3.05, 3.63) is 53.6 Å². The number of nitrogens with zero attached hydrogens (tertiary/aromatic N) is 1. The number of anilines is 1. The van der Waals surface area contributed by atoms with Crippen LogP contribution in [0.4, 0.5) is 24.5 Å². The molecule has 0 saturated carbocycles. The van der Waals surface area contributed by atoms with E-state index in [-0.39, 0.29) is 11.1 Å². The highest BCUT2D eigenvalue weighted by molar-refractivity contribution is 7.85. The lowest BCUT2D eigenvalue weighted by Gasteiger charge is -2.24. The Bertz CT molecular complexity index is 927. The molecule has 1 aliphatic rings. The molecule has 0 aromatic heterocycles. The summed E-state index contributed by atoms with van der Waals surface area (Å²) in [4.78, 5) is 2.46. The van der Waals surface area contributed by atoms with Crippen molar-refractivity contribution in [3.63, 3.8) is 0 Å². The van der Waals surface area contributed by atoms with Gasteiger partial charge in [-0.3, -0.25) is 4.90 Å². The summed E-state index contributed by atoms with van der Waals surface area (Å²) in [7, 11) is -2.65. The Morgan fingerprint density at radius 3 is 2.31 bits per heavy atom. The number of fused-ring (bicyclic) bond motifs is 1.